The van der Waals surface area contributed by atoms with Crippen LogP contribution in [-0.2, 0) is 6.42 Å². The quantitative estimate of drug-likeness (QED) is 0.816. The van der Waals surface area contributed by atoms with Gasteiger partial charge < -0.3 is 10.4 Å². The van der Waals surface area contributed by atoms with Crippen molar-refractivity contribution in [1.29, 1.82) is 0 Å². The Morgan fingerprint density at radius 2 is 2.29 bits per heavy atom. The molecular formula is C12H20N2O2S. The first-order chi connectivity index (χ1) is 8.04. The van der Waals surface area contributed by atoms with Gasteiger partial charge in [0.2, 0.25) is 0 Å². The zero-order valence-electron chi connectivity index (χ0n) is 10.6. The Balaban J connectivity index is 2.35. The van der Waals surface area contributed by atoms with Gasteiger partial charge in [0, 0.05) is 6.54 Å². The molecule has 1 atom stereocenters. The van der Waals surface area contributed by atoms with E-state index in [1.807, 2.05) is 20.8 Å². The first-order valence-corrected chi connectivity index (χ1v) is 6.77. The molecule has 0 aromatic carbocycles. The van der Waals surface area contributed by atoms with Crippen LogP contribution in [0.2, 0.25) is 0 Å². The summed E-state index contributed by atoms with van der Waals surface area (Å²) in [7, 11) is 0. The van der Waals surface area contributed by atoms with E-state index >= 15 is 0 Å². The number of nitrogens with one attached hydrogen (secondary N) is 1. The molecule has 2 N–H and O–H groups in total. The maximum atomic E-state index is 11.7. The monoisotopic (exact) mass is 256 g/mol. The molecule has 96 valence electrons. The normalized spacial score (nSPS) is 12.8. The zero-order chi connectivity index (χ0) is 12.8. The predicted octanol–water partition coefficient (Wildman–Crippen LogP) is 1.84. The summed E-state index contributed by atoms with van der Waals surface area (Å²) < 4.78 is 0. The number of carbonyl (C=O) groups excluding carboxylic acids is 1. The summed E-state index contributed by atoms with van der Waals surface area (Å²) in [6.45, 7) is 6.43. The predicted molar refractivity (Wildman–Crippen MR) is 69.3 cm³/mol. The number of nitrogens with zero attached hydrogens (tertiary/aromatic N) is 1. The van der Waals surface area contributed by atoms with Gasteiger partial charge in [-0.1, -0.05) is 20.8 Å². The Bertz CT molecular complexity index is 363. The Morgan fingerprint density at radius 1 is 1.59 bits per heavy atom. The van der Waals surface area contributed by atoms with E-state index in [2.05, 4.69) is 10.3 Å². The second kappa shape index (κ2) is 6.71. The molecular weight excluding hydrogens is 236 g/mol. The summed E-state index contributed by atoms with van der Waals surface area (Å²) in [5, 5.41) is 13.4. The SMILES string of the molecule is CCc1ncc(C(=O)NCCC(O)C(C)C)s1. The number of carbonyl (C=O) groups is 1. The van der Waals surface area contributed by atoms with Gasteiger partial charge in [-0.05, 0) is 18.8 Å². The Kier molecular flexibility index (Phi) is 5.58. The number of hydrogen-bond acceptors (Lipinski definition) is 4. The van der Waals surface area contributed by atoms with Crippen molar-refractivity contribution >= 4 is 17.2 Å². The van der Waals surface area contributed by atoms with Gasteiger partial charge in [-0.2, -0.15) is 0 Å². The lowest BCUT2D eigenvalue weighted by atomic mass is 10.0. The lowest BCUT2D eigenvalue weighted by Crippen LogP contribution is -2.28. The van der Waals surface area contributed by atoms with Crippen molar-refractivity contribution in [2.45, 2.75) is 39.7 Å². The molecule has 0 saturated heterocycles. The minimum atomic E-state index is -0.358. The number of aromatic nitrogens is 1. The number of hydrogen-bond donors (Lipinski definition) is 2. The highest BCUT2D eigenvalue weighted by atomic mass is 32.1. The fourth-order valence-electron chi connectivity index (χ4n) is 1.33. The van der Waals surface area contributed by atoms with Crippen molar-refractivity contribution in [3.8, 4) is 0 Å². The molecule has 17 heavy (non-hydrogen) atoms. The fourth-order valence-corrected chi connectivity index (χ4v) is 2.11. The zero-order valence-corrected chi connectivity index (χ0v) is 11.4. The van der Waals surface area contributed by atoms with Gasteiger partial charge in [0.1, 0.15) is 4.88 Å². The molecule has 0 radical (unpaired) electrons. The highest BCUT2D eigenvalue weighted by Gasteiger charge is 2.12. The van der Waals surface area contributed by atoms with E-state index in [-0.39, 0.29) is 17.9 Å². The average Bonchev–Trinajstić information content (AvgIpc) is 2.77. The van der Waals surface area contributed by atoms with Crippen molar-refractivity contribution < 1.29 is 9.90 Å². The van der Waals surface area contributed by atoms with Crippen LogP contribution in [0.5, 0.6) is 0 Å². The van der Waals surface area contributed by atoms with Gasteiger partial charge in [0.25, 0.3) is 5.91 Å². The number of aliphatic hydroxyl groups excluding tert-OH is 1. The molecule has 4 nitrogen and oxygen atoms in total. The minimum Gasteiger partial charge on any atom is -0.393 e. The van der Waals surface area contributed by atoms with Gasteiger partial charge in [0.15, 0.2) is 0 Å². The Labute approximate surface area is 106 Å². The number of aryl methyl sites for hydroxylation is 1. The molecule has 0 aliphatic carbocycles. The molecule has 0 spiro atoms. The molecule has 0 saturated carbocycles. The van der Waals surface area contributed by atoms with Gasteiger partial charge in [-0.25, -0.2) is 4.98 Å². The third-order valence-corrected chi connectivity index (χ3v) is 3.72. The van der Waals surface area contributed by atoms with E-state index in [1.165, 1.54) is 11.3 Å². The molecule has 1 rings (SSSR count). The van der Waals surface area contributed by atoms with Gasteiger partial charge in [0.05, 0.1) is 17.3 Å². The van der Waals surface area contributed by atoms with Gasteiger partial charge in [-0.3, -0.25) is 4.79 Å². The molecule has 0 fully saturated rings. The number of aliphatic hydroxyl groups is 1. The number of amides is 1. The summed E-state index contributed by atoms with van der Waals surface area (Å²) in [5.41, 5.74) is 0. The first kappa shape index (κ1) is 14.1. The van der Waals surface area contributed by atoms with Crippen LogP contribution in [0.15, 0.2) is 6.20 Å². The van der Waals surface area contributed by atoms with Crippen molar-refractivity contribution in [2.24, 2.45) is 5.92 Å². The lowest BCUT2D eigenvalue weighted by molar-refractivity contribution is 0.0923. The van der Waals surface area contributed by atoms with Crippen LogP contribution in [0.3, 0.4) is 0 Å². The van der Waals surface area contributed by atoms with Gasteiger partial charge >= 0.3 is 0 Å². The topological polar surface area (TPSA) is 62.2 Å². The van der Waals surface area contributed by atoms with Crippen LogP contribution >= 0.6 is 11.3 Å². The molecule has 1 heterocycles. The molecule has 5 heteroatoms. The van der Waals surface area contributed by atoms with Crippen LogP contribution in [0, 0.1) is 5.92 Å². The molecule has 1 aromatic rings. The third-order valence-electron chi connectivity index (χ3n) is 2.58. The number of rotatable bonds is 6. The van der Waals surface area contributed by atoms with E-state index in [4.69, 9.17) is 0 Å². The standard InChI is InChI=1S/C12H20N2O2S/c1-4-11-14-7-10(17-11)12(16)13-6-5-9(15)8(2)3/h7-9,15H,4-6H2,1-3H3,(H,13,16). The third kappa shape index (κ3) is 4.44. The van der Waals surface area contributed by atoms with E-state index in [9.17, 15) is 9.90 Å². The molecule has 1 amide bonds. The second-order valence-electron chi connectivity index (χ2n) is 4.33. The summed E-state index contributed by atoms with van der Waals surface area (Å²) in [6, 6.07) is 0. The maximum absolute atomic E-state index is 11.7. The van der Waals surface area contributed by atoms with Gasteiger partial charge in [-0.15, -0.1) is 11.3 Å². The molecule has 1 unspecified atom stereocenters. The summed E-state index contributed by atoms with van der Waals surface area (Å²) in [4.78, 5) is 16.5. The van der Waals surface area contributed by atoms with Crippen molar-refractivity contribution in [2.75, 3.05) is 6.54 Å². The highest BCUT2D eigenvalue weighted by molar-refractivity contribution is 7.13. The van der Waals surface area contributed by atoms with Crippen LogP contribution in [0.25, 0.3) is 0 Å². The van der Waals surface area contributed by atoms with Crippen LogP contribution in [0.1, 0.15) is 41.9 Å². The second-order valence-corrected chi connectivity index (χ2v) is 5.44. The summed E-state index contributed by atoms with van der Waals surface area (Å²) >= 11 is 1.42. The molecule has 1 aromatic heterocycles. The van der Waals surface area contributed by atoms with Crippen LogP contribution < -0.4 is 5.32 Å². The smallest absolute Gasteiger partial charge is 0.263 e. The van der Waals surface area contributed by atoms with Crippen molar-refractivity contribution in [3.05, 3.63) is 16.1 Å². The fraction of sp³-hybridized carbons (Fsp3) is 0.667. The maximum Gasteiger partial charge on any atom is 0.263 e. The lowest BCUT2D eigenvalue weighted by Gasteiger charge is -2.14. The van der Waals surface area contributed by atoms with Crippen molar-refractivity contribution in [1.82, 2.24) is 10.3 Å². The summed E-state index contributed by atoms with van der Waals surface area (Å²) in [5.74, 6) is 0.125. The average molecular weight is 256 g/mol. The Morgan fingerprint density at radius 3 is 2.82 bits per heavy atom. The largest absolute Gasteiger partial charge is 0.393 e. The van der Waals surface area contributed by atoms with E-state index < -0.39 is 0 Å². The summed E-state index contributed by atoms with van der Waals surface area (Å²) in [6.07, 6.45) is 2.69. The number of thiazole rings is 1. The van der Waals surface area contributed by atoms with E-state index in [0.717, 1.165) is 11.4 Å². The minimum absolute atomic E-state index is 0.0989. The van der Waals surface area contributed by atoms with Crippen LogP contribution in [0.4, 0.5) is 0 Å². The van der Waals surface area contributed by atoms with E-state index in [0.29, 0.717) is 17.8 Å². The van der Waals surface area contributed by atoms with E-state index in [1.54, 1.807) is 6.20 Å². The first-order valence-electron chi connectivity index (χ1n) is 5.95. The van der Waals surface area contributed by atoms with Crippen molar-refractivity contribution in [3.63, 3.8) is 0 Å². The van der Waals surface area contributed by atoms with Crippen LogP contribution in [-0.4, -0.2) is 28.6 Å². The molecule has 0 aliphatic heterocycles. The highest BCUT2D eigenvalue weighted by Crippen LogP contribution is 2.13. The Hall–Kier alpha value is -0.940. The molecule has 0 aliphatic rings. The molecule has 0 bridgehead atoms.